The topological polar surface area (TPSA) is 104 Å². The fourth-order valence-electron chi connectivity index (χ4n) is 4.63. The van der Waals surface area contributed by atoms with Crippen LogP contribution in [0.4, 0.5) is 17.2 Å². The third kappa shape index (κ3) is 6.90. The number of carbonyl (C=O) groups excluding carboxylic acids is 2. The summed E-state index contributed by atoms with van der Waals surface area (Å²) in [6, 6.07) is 11.5. The lowest BCUT2D eigenvalue weighted by molar-refractivity contribution is -0.130. The van der Waals surface area contributed by atoms with Crippen LogP contribution >= 0.6 is 22.6 Å². The Morgan fingerprint density at radius 1 is 0.974 bits per heavy atom. The zero-order valence-corrected chi connectivity index (χ0v) is 23.7. The van der Waals surface area contributed by atoms with E-state index in [0.29, 0.717) is 42.2 Å². The fourth-order valence-corrected chi connectivity index (χ4v) is 4.91. The molecule has 0 aliphatic carbocycles. The molecule has 2 aliphatic rings. The van der Waals surface area contributed by atoms with Crippen LogP contribution < -0.4 is 15.1 Å². The lowest BCUT2D eigenvalue weighted by atomic mass is 10.1. The van der Waals surface area contributed by atoms with Crippen molar-refractivity contribution >= 4 is 51.6 Å². The molecule has 39 heavy (non-hydrogen) atoms. The first-order chi connectivity index (χ1) is 19.0. The minimum absolute atomic E-state index is 0.0954. The molecule has 5 rings (SSSR count). The number of ether oxygens (including phenoxy) is 1. The van der Waals surface area contributed by atoms with E-state index in [-0.39, 0.29) is 11.8 Å². The molecule has 0 saturated carbocycles. The van der Waals surface area contributed by atoms with E-state index < -0.39 is 0 Å². The van der Waals surface area contributed by atoms with Crippen molar-refractivity contribution in [2.24, 2.45) is 0 Å². The number of morpholine rings is 1. The van der Waals surface area contributed by atoms with E-state index in [1.807, 2.05) is 17.0 Å². The Kier molecular flexibility index (Phi) is 8.67. The number of halogens is 1. The molecule has 202 valence electrons. The standard InChI is InChI=1S/C28H30IN7O3/c1-2-26(37)32-22-5-3-20(4-6-22)15-27(38)36-9-7-34(8-10-36)23-16-24(21-18-30-28(29)31-19-21)33-25(17-23)35-11-13-39-14-12-35/h2-6,16-19H,1,7-15H2,(H,32,37). The van der Waals surface area contributed by atoms with Gasteiger partial charge in [-0.05, 0) is 29.8 Å². The number of amides is 2. The maximum atomic E-state index is 13.0. The van der Waals surface area contributed by atoms with Gasteiger partial charge in [0.05, 0.1) is 25.3 Å². The predicted molar refractivity (Wildman–Crippen MR) is 159 cm³/mol. The van der Waals surface area contributed by atoms with Crippen molar-refractivity contribution in [2.75, 3.05) is 67.6 Å². The molecule has 2 aliphatic heterocycles. The van der Waals surface area contributed by atoms with Crippen molar-refractivity contribution in [1.29, 1.82) is 0 Å². The molecule has 0 unspecified atom stereocenters. The number of nitrogens with zero attached hydrogens (tertiary/aromatic N) is 6. The van der Waals surface area contributed by atoms with Gasteiger partial charge in [0, 0.05) is 97.3 Å². The summed E-state index contributed by atoms with van der Waals surface area (Å²) in [5.41, 5.74) is 4.36. The Morgan fingerprint density at radius 2 is 1.67 bits per heavy atom. The summed E-state index contributed by atoms with van der Waals surface area (Å²) >= 11 is 2.10. The lowest BCUT2D eigenvalue weighted by Gasteiger charge is -2.37. The van der Waals surface area contributed by atoms with E-state index in [1.165, 1.54) is 6.08 Å². The van der Waals surface area contributed by atoms with E-state index >= 15 is 0 Å². The van der Waals surface area contributed by atoms with Gasteiger partial charge < -0.3 is 24.8 Å². The van der Waals surface area contributed by atoms with Crippen LogP contribution in [0.25, 0.3) is 11.3 Å². The average Bonchev–Trinajstić information content (AvgIpc) is 2.98. The molecular weight excluding hydrogens is 609 g/mol. The number of rotatable bonds is 7. The van der Waals surface area contributed by atoms with Gasteiger partial charge in [0.1, 0.15) is 5.82 Å². The van der Waals surface area contributed by atoms with E-state index in [0.717, 1.165) is 54.5 Å². The molecule has 0 bridgehead atoms. The van der Waals surface area contributed by atoms with E-state index in [1.54, 1.807) is 24.5 Å². The van der Waals surface area contributed by atoms with Crippen LogP contribution in [0.1, 0.15) is 5.56 Å². The van der Waals surface area contributed by atoms with Crippen LogP contribution in [0, 0.1) is 3.83 Å². The van der Waals surface area contributed by atoms with Crippen molar-refractivity contribution < 1.29 is 14.3 Å². The summed E-state index contributed by atoms with van der Waals surface area (Å²) in [6.07, 6.45) is 5.16. The van der Waals surface area contributed by atoms with Crippen LogP contribution in [0.5, 0.6) is 0 Å². The molecular formula is C28H30IN7O3. The third-order valence-electron chi connectivity index (χ3n) is 6.81. The second-order valence-electron chi connectivity index (χ2n) is 9.34. The third-order valence-corrected chi connectivity index (χ3v) is 7.36. The minimum Gasteiger partial charge on any atom is -0.378 e. The van der Waals surface area contributed by atoms with Crippen molar-refractivity contribution in [2.45, 2.75) is 6.42 Å². The van der Waals surface area contributed by atoms with Gasteiger partial charge in [-0.1, -0.05) is 18.7 Å². The van der Waals surface area contributed by atoms with Crippen molar-refractivity contribution in [3.63, 3.8) is 0 Å². The monoisotopic (exact) mass is 639 g/mol. The van der Waals surface area contributed by atoms with Crippen LogP contribution in [-0.2, 0) is 20.7 Å². The molecule has 10 nitrogen and oxygen atoms in total. The molecule has 4 heterocycles. The Bertz CT molecular complexity index is 1320. The second kappa shape index (κ2) is 12.5. The summed E-state index contributed by atoms with van der Waals surface area (Å²) in [5.74, 6) is 0.746. The zero-order chi connectivity index (χ0) is 27.2. The van der Waals surface area contributed by atoms with Gasteiger partial charge in [-0.2, -0.15) is 0 Å². The van der Waals surface area contributed by atoms with Crippen molar-refractivity contribution in [1.82, 2.24) is 19.9 Å². The molecule has 2 aromatic heterocycles. The Balaban J connectivity index is 1.26. The summed E-state index contributed by atoms with van der Waals surface area (Å²) in [4.78, 5) is 44.6. The van der Waals surface area contributed by atoms with Gasteiger partial charge in [-0.15, -0.1) is 0 Å². The molecule has 3 aromatic rings. The number of pyridine rings is 1. The van der Waals surface area contributed by atoms with Crippen molar-refractivity contribution in [3.8, 4) is 11.3 Å². The van der Waals surface area contributed by atoms with E-state index in [2.05, 4.69) is 66.4 Å². The molecule has 11 heteroatoms. The number of piperazine rings is 1. The average molecular weight is 639 g/mol. The summed E-state index contributed by atoms with van der Waals surface area (Å²) < 4.78 is 6.23. The summed E-state index contributed by atoms with van der Waals surface area (Å²) in [6.45, 7) is 9.15. The number of nitrogens with one attached hydrogen (secondary N) is 1. The minimum atomic E-state index is -0.262. The SMILES string of the molecule is C=CC(=O)Nc1ccc(CC(=O)N2CCN(c3cc(-c4cnc(I)nc4)nc(N4CCOCC4)c3)CC2)cc1. The molecule has 0 atom stereocenters. The summed E-state index contributed by atoms with van der Waals surface area (Å²) in [5, 5.41) is 2.72. The molecule has 2 amide bonds. The van der Waals surface area contributed by atoms with Gasteiger partial charge in [-0.25, -0.2) is 15.0 Å². The van der Waals surface area contributed by atoms with Gasteiger partial charge in [-0.3, -0.25) is 9.59 Å². The van der Waals surface area contributed by atoms with Gasteiger partial charge >= 0.3 is 0 Å². The van der Waals surface area contributed by atoms with Crippen LogP contribution in [0.15, 0.2) is 61.4 Å². The highest BCUT2D eigenvalue weighted by Gasteiger charge is 2.23. The fraction of sp³-hybridized carbons (Fsp3) is 0.321. The highest BCUT2D eigenvalue weighted by atomic mass is 127. The van der Waals surface area contributed by atoms with Crippen molar-refractivity contribution in [3.05, 3.63) is 70.8 Å². The van der Waals surface area contributed by atoms with Crippen LogP contribution in [0.2, 0.25) is 0 Å². The van der Waals surface area contributed by atoms with Crippen LogP contribution in [-0.4, -0.2) is 84.1 Å². The van der Waals surface area contributed by atoms with E-state index in [4.69, 9.17) is 9.72 Å². The number of aromatic nitrogens is 3. The first kappa shape index (κ1) is 27.0. The molecule has 2 saturated heterocycles. The molecule has 0 radical (unpaired) electrons. The quantitative estimate of drug-likeness (QED) is 0.239. The Labute approximate surface area is 241 Å². The second-order valence-corrected chi connectivity index (χ2v) is 10.3. The summed E-state index contributed by atoms with van der Waals surface area (Å²) in [7, 11) is 0. The Hall–Kier alpha value is -3.58. The van der Waals surface area contributed by atoms with Gasteiger partial charge in [0.15, 0.2) is 3.83 Å². The van der Waals surface area contributed by atoms with Crippen LogP contribution in [0.3, 0.4) is 0 Å². The molecule has 1 aromatic carbocycles. The normalized spacial score (nSPS) is 15.7. The highest BCUT2D eigenvalue weighted by Crippen LogP contribution is 2.29. The highest BCUT2D eigenvalue weighted by molar-refractivity contribution is 14.1. The maximum Gasteiger partial charge on any atom is 0.247 e. The molecule has 0 spiro atoms. The predicted octanol–water partition coefficient (Wildman–Crippen LogP) is 3.00. The van der Waals surface area contributed by atoms with Gasteiger partial charge in [0.2, 0.25) is 11.8 Å². The zero-order valence-electron chi connectivity index (χ0n) is 21.6. The molecule has 2 fully saturated rings. The number of hydrogen-bond acceptors (Lipinski definition) is 8. The number of carbonyl (C=O) groups is 2. The Morgan fingerprint density at radius 3 is 2.33 bits per heavy atom. The number of benzene rings is 1. The first-order valence-corrected chi connectivity index (χ1v) is 13.9. The van der Waals surface area contributed by atoms with E-state index in [9.17, 15) is 9.59 Å². The maximum absolute atomic E-state index is 13.0. The first-order valence-electron chi connectivity index (χ1n) is 12.9. The number of anilines is 3. The van der Waals surface area contributed by atoms with Gasteiger partial charge in [0.25, 0.3) is 0 Å². The number of hydrogen-bond donors (Lipinski definition) is 1. The molecule has 1 N–H and O–H groups in total. The largest absolute Gasteiger partial charge is 0.378 e. The smallest absolute Gasteiger partial charge is 0.247 e. The lowest BCUT2D eigenvalue weighted by Crippen LogP contribution is -2.49.